The van der Waals surface area contributed by atoms with Crippen molar-refractivity contribution in [1.82, 2.24) is 10.6 Å². The van der Waals surface area contributed by atoms with Gasteiger partial charge in [-0.2, -0.15) is 0 Å². The Labute approximate surface area is 126 Å². The van der Waals surface area contributed by atoms with Crippen molar-refractivity contribution >= 4 is 11.6 Å². The van der Waals surface area contributed by atoms with Crippen LogP contribution in [0.2, 0.25) is 5.02 Å². The number of methoxy groups -OCH3 is 1. The molecule has 0 fully saturated rings. The van der Waals surface area contributed by atoms with Crippen LogP contribution in [0, 0.1) is 0 Å². The summed E-state index contributed by atoms with van der Waals surface area (Å²) >= 11 is 6.12. The van der Waals surface area contributed by atoms with Gasteiger partial charge in [0.25, 0.3) is 0 Å². The van der Waals surface area contributed by atoms with Crippen LogP contribution in [0.15, 0.2) is 12.1 Å². The van der Waals surface area contributed by atoms with Crippen LogP contribution in [-0.2, 0) is 6.54 Å². The summed E-state index contributed by atoms with van der Waals surface area (Å²) in [4.78, 5) is 0. The van der Waals surface area contributed by atoms with Gasteiger partial charge in [0.2, 0.25) is 0 Å². The second-order valence-electron chi connectivity index (χ2n) is 4.58. The zero-order chi connectivity index (χ0) is 14.8. The Kier molecular flexibility index (Phi) is 8.42. The summed E-state index contributed by atoms with van der Waals surface area (Å²) in [7, 11) is 3.59. The molecule has 0 aliphatic rings. The highest BCUT2D eigenvalue weighted by atomic mass is 35.5. The smallest absolute Gasteiger partial charge is 0.165 e. The molecule has 0 amide bonds. The van der Waals surface area contributed by atoms with Crippen LogP contribution in [-0.4, -0.2) is 33.9 Å². The number of halogens is 1. The third-order valence-electron chi connectivity index (χ3n) is 2.86. The molecule has 0 unspecified atom stereocenters. The molecule has 0 heterocycles. The number of nitrogens with one attached hydrogen (secondary N) is 2. The number of ether oxygens (including phenoxy) is 2. The number of benzene rings is 1. The Morgan fingerprint density at radius 2 is 2.05 bits per heavy atom. The normalized spacial score (nSPS) is 10.6. The first-order chi connectivity index (χ1) is 9.72. The molecule has 114 valence electrons. The predicted molar refractivity (Wildman–Crippen MR) is 84.0 cm³/mol. The van der Waals surface area contributed by atoms with E-state index < -0.39 is 0 Å². The summed E-state index contributed by atoms with van der Waals surface area (Å²) in [6.45, 7) is 5.43. The molecular formula is C15H25ClN2O2. The van der Waals surface area contributed by atoms with Crippen LogP contribution in [0.4, 0.5) is 0 Å². The molecule has 2 N–H and O–H groups in total. The van der Waals surface area contributed by atoms with E-state index >= 15 is 0 Å². The lowest BCUT2D eigenvalue weighted by Crippen LogP contribution is -2.20. The van der Waals surface area contributed by atoms with Gasteiger partial charge in [-0.3, -0.25) is 0 Å². The quantitative estimate of drug-likeness (QED) is 0.652. The van der Waals surface area contributed by atoms with Crippen molar-refractivity contribution in [2.75, 3.05) is 33.9 Å². The number of hydrogen-bond acceptors (Lipinski definition) is 4. The van der Waals surface area contributed by atoms with Gasteiger partial charge in [0, 0.05) is 23.2 Å². The fraction of sp³-hybridized carbons (Fsp3) is 0.600. The van der Waals surface area contributed by atoms with Gasteiger partial charge < -0.3 is 20.1 Å². The summed E-state index contributed by atoms with van der Waals surface area (Å²) in [6.07, 6.45) is 2.04. The zero-order valence-corrected chi connectivity index (χ0v) is 13.3. The maximum Gasteiger partial charge on any atom is 0.165 e. The van der Waals surface area contributed by atoms with Gasteiger partial charge in [0.15, 0.2) is 11.5 Å². The summed E-state index contributed by atoms with van der Waals surface area (Å²) in [5, 5.41) is 7.19. The first-order valence-corrected chi connectivity index (χ1v) is 7.45. The molecule has 4 nitrogen and oxygen atoms in total. The van der Waals surface area contributed by atoms with E-state index in [-0.39, 0.29) is 0 Å². The Morgan fingerprint density at radius 1 is 1.25 bits per heavy atom. The van der Waals surface area contributed by atoms with Gasteiger partial charge in [-0.05, 0) is 39.0 Å². The van der Waals surface area contributed by atoms with Crippen molar-refractivity contribution < 1.29 is 9.47 Å². The van der Waals surface area contributed by atoms with Crippen molar-refractivity contribution in [1.29, 1.82) is 0 Å². The molecule has 1 aromatic rings. The molecule has 0 bridgehead atoms. The Bertz CT molecular complexity index is 400. The molecule has 0 radical (unpaired) electrons. The molecule has 5 heteroatoms. The minimum absolute atomic E-state index is 0.665. The van der Waals surface area contributed by atoms with Gasteiger partial charge in [0.05, 0.1) is 13.7 Å². The number of rotatable bonds is 10. The maximum atomic E-state index is 6.12. The van der Waals surface area contributed by atoms with E-state index in [0.717, 1.165) is 43.8 Å². The highest BCUT2D eigenvalue weighted by molar-refractivity contribution is 6.30. The monoisotopic (exact) mass is 300 g/mol. The van der Waals surface area contributed by atoms with E-state index in [1.165, 1.54) is 0 Å². The molecular weight excluding hydrogens is 276 g/mol. The first kappa shape index (κ1) is 17.1. The first-order valence-electron chi connectivity index (χ1n) is 7.07. The molecule has 0 saturated heterocycles. The standard InChI is InChI=1S/C15H25ClN2O2/c1-4-8-20-15-12(11-18-7-5-6-17-2)9-13(16)10-14(15)19-3/h9-10,17-18H,4-8,11H2,1-3H3. The van der Waals surface area contributed by atoms with Crippen molar-refractivity contribution in [3.63, 3.8) is 0 Å². The van der Waals surface area contributed by atoms with Crippen LogP contribution < -0.4 is 20.1 Å². The fourth-order valence-electron chi connectivity index (χ4n) is 1.89. The molecule has 0 aliphatic heterocycles. The molecule has 0 atom stereocenters. The molecule has 0 aromatic heterocycles. The topological polar surface area (TPSA) is 42.5 Å². The minimum Gasteiger partial charge on any atom is -0.493 e. The van der Waals surface area contributed by atoms with Crippen molar-refractivity contribution in [3.05, 3.63) is 22.7 Å². The van der Waals surface area contributed by atoms with Crippen molar-refractivity contribution in [2.24, 2.45) is 0 Å². The molecule has 0 spiro atoms. The van der Waals surface area contributed by atoms with Crippen molar-refractivity contribution in [2.45, 2.75) is 26.3 Å². The van der Waals surface area contributed by atoms with E-state index in [9.17, 15) is 0 Å². The van der Waals surface area contributed by atoms with Gasteiger partial charge in [-0.15, -0.1) is 0 Å². The maximum absolute atomic E-state index is 6.12. The summed E-state index contributed by atoms with van der Waals surface area (Å²) in [5.41, 5.74) is 1.03. The highest BCUT2D eigenvalue weighted by Gasteiger charge is 2.12. The fourth-order valence-corrected chi connectivity index (χ4v) is 2.12. The third kappa shape index (κ3) is 5.57. The summed E-state index contributed by atoms with van der Waals surface area (Å²) in [6, 6.07) is 3.72. The van der Waals surface area contributed by atoms with Gasteiger partial charge >= 0.3 is 0 Å². The van der Waals surface area contributed by atoms with E-state index in [4.69, 9.17) is 21.1 Å². The van der Waals surface area contributed by atoms with Crippen LogP contribution in [0.1, 0.15) is 25.3 Å². The number of hydrogen-bond donors (Lipinski definition) is 2. The molecule has 1 aromatic carbocycles. The summed E-state index contributed by atoms with van der Waals surface area (Å²) < 4.78 is 11.2. The second kappa shape index (κ2) is 9.86. The average Bonchev–Trinajstić information content (AvgIpc) is 2.45. The third-order valence-corrected chi connectivity index (χ3v) is 3.08. The lowest BCUT2D eigenvalue weighted by Gasteiger charge is -2.16. The van der Waals surface area contributed by atoms with Gasteiger partial charge in [0.1, 0.15) is 0 Å². The zero-order valence-electron chi connectivity index (χ0n) is 12.6. The van der Waals surface area contributed by atoms with Crippen molar-refractivity contribution in [3.8, 4) is 11.5 Å². The molecule has 0 saturated carbocycles. The largest absolute Gasteiger partial charge is 0.493 e. The SMILES string of the molecule is CCCOc1c(CNCCCNC)cc(Cl)cc1OC. The molecule has 1 rings (SSSR count). The highest BCUT2D eigenvalue weighted by Crippen LogP contribution is 2.34. The van der Waals surface area contributed by atoms with E-state index in [1.54, 1.807) is 13.2 Å². The predicted octanol–water partition coefficient (Wildman–Crippen LogP) is 2.84. The van der Waals surface area contributed by atoms with Crippen LogP contribution >= 0.6 is 11.6 Å². The second-order valence-corrected chi connectivity index (χ2v) is 5.02. The van der Waals surface area contributed by atoms with Crippen LogP contribution in [0.3, 0.4) is 0 Å². The lowest BCUT2D eigenvalue weighted by atomic mass is 10.1. The lowest BCUT2D eigenvalue weighted by molar-refractivity contribution is 0.290. The van der Waals surface area contributed by atoms with E-state index in [0.29, 0.717) is 17.4 Å². The Balaban J connectivity index is 2.72. The van der Waals surface area contributed by atoms with Crippen LogP contribution in [0.5, 0.6) is 11.5 Å². The Hall–Kier alpha value is -0.970. The average molecular weight is 301 g/mol. The van der Waals surface area contributed by atoms with Gasteiger partial charge in [-0.1, -0.05) is 18.5 Å². The molecule has 20 heavy (non-hydrogen) atoms. The summed E-state index contributed by atoms with van der Waals surface area (Å²) in [5.74, 6) is 1.48. The Morgan fingerprint density at radius 3 is 2.70 bits per heavy atom. The van der Waals surface area contributed by atoms with E-state index in [1.807, 2.05) is 13.1 Å². The van der Waals surface area contributed by atoms with Crippen LogP contribution in [0.25, 0.3) is 0 Å². The van der Waals surface area contributed by atoms with E-state index in [2.05, 4.69) is 17.6 Å². The minimum atomic E-state index is 0.665. The molecule has 0 aliphatic carbocycles. The van der Waals surface area contributed by atoms with Gasteiger partial charge in [-0.25, -0.2) is 0 Å².